The number of thiazole rings is 1. The Kier molecular flexibility index (Phi) is 4.42. The molecule has 0 aromatic carbocycles. The van der Waals surface area contributed by atoms with Crippen LogP contribution < -0.4 is 5.32 Å². The van der Waals surface area contributed by atoms with Crippen LogP contribution in [-0.2, 0) is 0 Å². The molecule has 0 unspecified atom stereocenters. The van der Waals surface area contributed by atoms with E-state index in [0.29, 0.717) is 32.0 Å². The lowest BCUT2D eigenvalue weighted by Crippen LogP contribution is -1.96. The van der Waals surface area contributed by atoms with Crippen molar-refractivity contribution < 1.29 is 9.90 Å². The van der Waals surface area contributed by atoms with Gasteiger partial charge in [0.25, 0.3) is 0 Å². The third-order valence-corrected chi connectivity index (χ3v) is 4.47. The average molecular weight is 367 g/mol. The van der Waals surface area contributed by atoms with Crippen molar-refractivity contribution in [3.63, 3.8) is 0 Å². The van der Waals surface area contributed by atoms with Crippen molar-refractivity contribution in [1.29, 1.82) is 0 Å². The van der Waals surface area contributed by atoms with E-state index in [-0.39, 0.29) is 4.88 Å². The molecular weight excluding hydrogens is 359 g/mol. The summed E-state index contributed by atoms with van der Waals surface area (Å²) >= 11 is 13.3. The lowest BCUT2D eigenvalue weighted by molar-refractivity contribution is 0.0702. The Bertz CT molecular complexity index is 864. The molecule has 23 heavy (non-hydrogen) atoms. The molecule has 0 saturated carbocycles. The first kappa shape index (κ1) is 15.7. The zero-order valence-corrected chi connectivity index (χ0v) is 13.7. The Morgan fingerprint density at radius 3 is 2.52 bits per heavy atom. The number of rotatable bonds is 4. The minimum absolute atomic E-state index is 0.148. The molecule has 3 aromatic heterocycles. The number of nitrogens with zero attached hydrogens (tertiary/aromatic N) is 3. The SMILES string of the molecule is O=C(O)c1cnc(-c2cnccc2Nc2c(Cl)cncc2Cl)s1. The van der Waals surface area contributed by atoms with Gasteiger partial charge in [-0.25, -0.2) is 9.78 Å². The molecule has 0 saturated heterocycles. The van der Waals surface area contributed by atoms with Gasteiger partial charge in [0.05, 0.1) is 33.2 Å². The van der Waals surface area contributed by atoms with E-state index in [4.69, 9.17) is 28.3 Å². The third-order valence-electron chi connectivity index (χ3n) is 2.88. The number of hydrogen-bond acceptors (Lipinski definition) is 6. The molecule has 2 N–H and O–H groups in total. The number of carbonyl (C=O) groups is 1. The highest BCUT2D eigenvalue weighted by molar-refractivity contribution is 7.16. The molecule has 0 atom stereocenters. The van der Waals surface area contributed by atoms with Gasteiger partial charge in [-0.05, 0) is 6.07 Å². The lowest BCUT2D eigenvalue weighted by Gasteiger charge is -2.12. The number of aromatic carboxylic acids is 1. The number of carboxylic acid groups (broad SMARTS) is 1. The molecule has 6 nitrogen and oxygen atoms in total. The van der Waals surface area contributed by atoms with E-state index < -0.39 is 5.97 Å². The second-order valence-corrected chi connectivity index (χ2v) is 6.20. The first-order valence-corrected chi connectivity index (χ1v) is 7.83. The molecule has 0 aliphatic rings. The van der Waals surface area contributed by atoms with Gasteiger partial charge < -0.3 is 10.4 Å². The monoisotopic (exact) mass is 366 g/mol. The fourth-order valence-corrected chi connectivity index (χ4v) is 3.07. The highest BCUT2D eigenvalue weighted by atomic mass is 35.5. The van der Waals surface area contributed by atoms with Crippen LogP contribution in [0, 0.1) is 0 Å². The number of halogens is 2. The molecule has 0 aliphatic carbocycles. The molecule has 0 bridgehead atoms. The summed E-state index contributed by atoms with van der Waals surface area (Å²) < 4.78 is 0. The number of aromatic nitrogens is 3. The van der Waals surface area contributed by atoms with E-state index in [1.807, 2.05) is 0 Å². The summed E-state index contributed by atoms with van der Waals surface area (Å²) in [7, 11) is 0. The number of pyridine rings is 2. The van der Waals surface area contributed by atoms with Gasteiger partial charge in [0.1, 0.15) is 9.88 Å². The maximum absolute atomic E-state index is 11.0. The van der Waals surface area contributed by atoms with Gasteiger partial charge in [-0.3, -0.25) is 9.97 Å². The Morgan fingerprint density at radius 1 is 1.13 bits per heavy atom. The van der Waals surface area contributed by atoms with Crippen LogP contribution in [0.5, 0.6) is 0 Å². The van der Waals surface area contributed by atoms with Gasteiger partial charge in [-0.15, -0.1) is 11.3 Å². The summed E-state index contributed by atoms with van der Waals surface area (Å²) in [5, 5.41) is 13.4. The van der Waals surface area contributed by atoms with Crippen molar-refractivity contribution >= 4 is 51.9 Å². The van der Waals surface area contributed by atoms with E-state index in [0.717, 1.165) is 11.3 Å². The molecule has 0 fully saturated rings. The molecule has 116 valence electrons. The van der Waals surface area contributed by atoms with Crippen LogP contribution in [-0.4, -0.2) is 26.0 Å². The Balaban J connectivity index is 2.02. The van der Waals surface area contributed by atoms with Crippen molar-refractivity contribution in [2.45, 2.75) is 0 Å². The zero-order chi connectivity index (χ0) is 16.4. The van der Waals surface area contributed by atoms with Gasteiger partial charge >= 0.3 is 5.97 Å². The van der Waals surface area contributed by atoms with E-state index in [2.05, 4.69) is 20.3 Å². The number of hydrogen-bond donors (Lipinski definition) is 2. The predicted molar refractivity (Wildman–Crippen MR) is 89.8 cm³/mol. The zero-order valence-electron chi connectivity index (χ0n) is 11.3. The number of nitrogens with one attached hydrogen (secondary N) is 1. The highest BCUT2D eigenvalue weighted by Gasteiger charge is 2.15. The second kappa shape index (κ2) is 6.49. The maximum atomic E-state index is 11.0. The normalized spacial score (nSPS) is 10.5. The van der Waals surface area contributed by atoms with Crippen LogP contribution in [0.15, 0.2) is 37.1 Å². The first-order valence-electron chi connectivity index (χ1n) is 6.26. The summed E-state index contributed by atoms with van der Waals surface area (Å²) in [5.74, 6) is -1.02. The fourth-order valence-electron chi connectivity index (χ4n) is 1.84. The lowest BCUT2D eigenvalue weighted by atomic mass is 10.2. The average Bonchev–Trinajstić information content (AvgIpc) is 3.01. The van der Waals surface area contributed by atoms with E-state index in [1.165, 1.54) is 18.6 Å². The van der Waals surface area contributed by atoms with Gasteiger partial charge in [0.15, 0.2) is 0 Å². The Morgan fingerprint density at radius 2 is 1.87 bits per heavy atom. The quantitative estimate of drug-likeness (QED) is 0.713. The minimum Gasteiger partial charge on any atom is -0.477 e. The van der Waals surface area contributed by atoms with Crippen LogP contribution in [0.2, 0.25) is 10.0 Å². The van der Waals surface area contributed by atoms with Crippen molar-refractivity contribution in [1.82, 2.24) is 15.0 Å². The van der Waals surface area contributed by atoms with Crippen LogP contribution >= 0.6 is 34.5 Å². The largest absolute Gasteiger partial charge is 0.477 e. The van der Waals surface area contributed by atoms with Crippen molar-refractivity contribution in [3.05, 3.63) is 52.0 Å². The summed E-state index contributed by atoms with van der Waals surface area (Å²) in [6.07, 6.45) is 7.45. The molecule has 3 rings (SSSR count). The van der Waals surface area contributed by atoms with Crippen LogP contribution in [0.3, 0.4) is 0 Å². The van der Waals surface area contributed by atoms with E-state index in [9.17, 15) is 4.79 Å². The van der Waals surface area contributed by atoms with Gasteiger partial charge in [0.2, 0.25) is 0 Å². The van der Waals surface area contributed by atoms with Crippen molar-refractivity contribution in [2.75, 3.05) is 5.32 Å². The second-order valence-electron chi connectivity index (χ2n) is 4.36. The molecule has 0 radical (unpaired) electrons. The molecular formula is C14H8Cl2N4O2S. The summed E-state index contributed by atoms with van der Waals surface area (Å²) in [6.45, 7) is 0. The van der Waals surface area contributed by atoms with Crippen LogP contribution in [0.25, 0.3) is 10.6 Å². The third kappa shape index (κ3) is 3.26. The summed E-state index contributed by atoms with van der Waals surface area (Å²) in [4.78, 5) is 23.3. The highest BCUT2D eigenvalue weighted by Crippen LogP contribution is 2.36. The summed E-state index contributed by atoms with van der Waals surface area (Å²) in [6, 6.07) is 1.73. The smallest absolute Gasteiger partial charge is 0.347 e. The fraction of sp³-hybridized carbons (Fsp3) is 0. The van der Waals surface area contributed by atoms with Crippen LogP contribution in [0.4, 0.5) is 11.4 Å². The number of anilines is 2. The topological polar surface area (TPSA) is 88.0 Å². The number of carboxylic acids is 1. The standard InChI is InChI=1S/C14H8Cl2N4O2S/c15-8-4-18-5-9(16)12(8)20-10-1-2-17-3-7(10)13-19-6-11(23-13)14(21)22/h1-6H,(H,21,22)(H,17,18,20). The Hall–Kier alpha value is -2.22. The van der Waals surface area contributed by atoms with Gasteiger partial charge in [-0.2, -0.15) is 0 Å². The first-order chi connectivity index (χ1) is 11.1. The predicted octanol–water partition coefficient (Wildman–Crippen LogP) is 4.35. The van der Waals surface area contributed by atoms with Crippen molar-refractivity contribution in [3.8, 4) is 10.6 Å². The molecule has 0 spiro atoms. The van der Waals surface area contributed by atoms with Gasteiger partial charge in [0, 0.05) is 24.8 Å². The van der Waals surface area contributed by atoms with Crippen LogP contribution in [0.1, 0.15) is 9.67 Å². The van der Waals surface area contributed by atoms with E-state index >= 15 is 0 Å². The summed E-state index contributed by atoms with van der Waals surface area (Å²) in [5.41, 5.74) is 1.81. The maximum Gasteiger partial charge on any atom is 0.347 e. The van der Waals surface area contributed by atoms with Crippen molar-refractivity contribution in [2.24, 2.45) is 0 Å². The molecule has 9 heteroatoms. The minimum atomic E-state index is -1.02. The van der Waals surface area contributed by atoms with Gasteiger partial charge in [-0.1, -0.05) is 23.2 Å². The molecule has 3 heterocycles. The molecule has 3 aromatic rings. The Labute approximate surface area is 144 Å². The molecule has 0 amide bonds. The molecule has 0 aliphatic heterocycles. The van der Waals surface area contributed by atoms with E-state index in [1.54, 1.807) is 18.5 Å².